The Labute approximate surface area is 240 Å². The molecule has 1 heterocycles. The van der Waals surface area contributed by atoms with Crippen LogP contribution >= 0.6 is 0 Å². The predicted octanol–water partition coefficient (Wildman–Crippen LogP) is 4.66. The van der Waals surface area contributed by atoms with Gasteiger partial charge in [0, 0.05) is 32.1 Å². The Hall–Kier alpha value is -4.43. The van der Waals surface area contributed by atoms with Crippen LogP contribution in [-0.2, 0) is 20.9 Å². The quantitative estimate of drug-likeness (QED) is 0.355. The second-order valence-electron chi connectivity index (χ2n) is 10.7. The molecule has 1 aliphatic heterocycles. The van der Waals surface area contributed by atoms with Crippen LogP contribution in [0.25, 0.3) is 11.1 Å². The summed E-state index contributed by atoms with van der Waals surface area (Å²) in [6, 6.07) is 26.3. The second-order valence-corrected chi connectivity index (χ2v) is 10.7. The van der Waals surface area contributed by atoms with Gasteiger partial charge in [0.2, 0.25) is 5.91 Å². The van der Waals surface area contributed by atoms with Crippen LogP contribution in [-0.4, -0.2) is 71.2 Å². The lowest BCUT2D eigenvalue weighted by Gasteiger charge is -2.43. The number of hydrogen-bond acceptors (Lipinski definition) is 5. The van der Waals surface area contributed by atoms with Gasteiger partial charge in [0.25, 0.3) is 0 Å². The molecule has 1 fully saturated rings. The average molecular weight is 554 g/mol. The molecule has 3 aromatic carbocycles. The van der Waals surface area contributed by atoms with Crippen LogP contribution in [0.15, 0.2) is 91.5 Å². The number of amides is 2. The number of rotatable bonds is 10. The first-order valence-corrected chi connectivity index (χ1v) is 13.9. The van der Waals surface area contributed by atoms with E-state index in [4.69, 9.17) is 4.74 Å². The highest BCUT2D eigenvalue weighted by Gasteiger charge is 2.45. The fourth-order valence-electron chi connectivity index (χ4n) is 6.00. The zero-order valence-electron chi connectivity index (χ0n) is 23.0. The maximum atomic E-state index is 13.9. The smallest absolute Gasteiger partial charge is 0.408 e. The van der Waals surface area contributed by atoms with E-state index in [1.165, 1.54) is 11.0 Å². The van der Waals surface area contributed by atoms with Crippen molar-refractivity contribution in [1.29, 1.82) is 0 Å². The van der Waals surface area contributed by atoms with Crippen LogP contribution in [0.2, 0.25) is 0 Å². The van der Waals surface area contributed by atoms with E-state index in [1.54, 1.807) is 0 Å². The zero-order valence-corrected chi connectivity index (χ0v) is 23.0. The predicted molar refractivity (Wildman–Crippen MR) is 156 cm³/mol. The maximum absolute atomic E-state index is 13.9. The third kappa shape index (κ3) is 6.18. The Morgan fingerprint density at radius 3 is 2.12 bits per heavy atom. The molecule has 0 atom stereocenters. The Balaban J connectivity index is 1.32. The Morgan fingerprint density at radius 2 is 1.54 bits per heavy atom. The lowest BCUT2D eigenvalue weighted by Crippen LogP contribution is -2.64. The van der Waals surface area contributed by atoms with E-state index in [0.717, 1.165) is 34.4 Å². The third-order valence-corrected chi connectivity index (χ3v) is 8.02. The first-order valence-electron chi connectivity index (χ1n) is 13.9. The van der Waals surface area contributed by atoms with Crippen LogP contribution in [0.4, 0.5) is 4.79 Å². The van der Waals surface area contributed by atoms with Gasteiger partial charge in [-0.05, 0) is 40.7 Å². The molecule has 0 aromatic heterocycles. The summed E-state index contributed by atoms with van der Waals surface area (Å²) in [6.07, 6.45) is 1.46. The minimum Gasteiger partial charge on any atom is -0.480 e. The molecule has 2 N–H and O–H groups in total. The monoisotopic (exact) mass is 553 g/mol. The summed E-state index contributed by atoms with van der Waals surface area (Å²) in [6.45, 7) is 5.22. The molecule has 8 heteroatoms. The topological polar surface area (TPSA) is 99.2 Å². The molecule has 0 spiro atoms. The summed E-state index contributed by atoms with van der Waals surface area (Å²) in [5, 5.41) is 12.3. The van der Waals surface area contributed by atoms with Gasteiger partial charge >= 0.3 is 12.1 Å². The number of hydrogen-bond donors (Lipinski definition) is 2. The highest BCUT2D eigenvalue weighted by molar-refractivity contribution is 5.92. The van der Waals surface area contributed by atoms with Crippen molar-refractivity contribution in [2.45, 2.75) is 30.8 Å². The largest absolute Gasteiger partial charge is 0.480 e. The normalized spacial score (nSPS) is 15.8. The molecule has 1 saturated heterocycles. The van der Waals surface area contributed by atoms with Crippen LogP contribution < -0.4 is 5.32 Å². The van der Waals surface area contributed by atoms with Gasteiger partial charge < -0.3 is 20.1 Å². The molecular formula is C33H35N3O5. The summed E-state index contributed by atoms with van der Waals surface area (Å²) in [4.78, 5) is 42.2. The van der Waals surface area contributed by atoms with E-state index in [-0.39, 0.29) is 19.1 Å². The first-order chi connectivity index (χ1) is 19.9. The Bertz CT molecular complexity index is 1370. The minimum absolute atomic E-state index is 0.0625. The summed E-state index contributed by atoms with van der Waals surface area (Å²) in [7, 11) is 0. The van der Waals surface area contributed by atoms with Crippen molar-refractivity contribution in [2.75, 3.05) is 32.8 Å². The number of nitrogens with zero attached hydrogens (tertiary/aromatic N) is 2. The molecule has 8 nitrogen and oxygen atoms in total. The number of ether oxygens (including phenoxy) is 1. The molecular weight excluding hydrogens is 518 g/mol. The SMILES string of the molecule is C=CCN(CC(=O)O)C(=O)C1(NC(=O)OCC2c3ccccc3-c3ccccc32)CCN(Cc2ccccc2)CC1. The van der Waals surface area contributed by atoms with Crippen molar-refractivity contribution in [3.63, 3.8) is 0 Å². The van der Waals surface area contributed by atoms with Crippen molar-refractivity contribution in [1.82, 2.24) is 15.1 Å². The van der Waals surface area contributed by atoms with Crippen molar-refractivity contribution in [3.8, 4) is 11.1 Å². The number of nitrogens with one attached hydrogen (secondary N) is 1. The summed E-state index contributed by atoms with van der Waals surface area (Å²) in [5.41, 5.74) is 4.33. The lowest BCUT2D eigenvalue weighted by atomic mass is 9.85. The van der Waals surface area contributed by atoms with Crippen molar-refractivity contribution >= 4 is 18.0 Å². The van der Waals surface area contributed by atoms with Crippen LogP contribution in [0, 0.1) is 0 Å². The number of carbonyl (C=O) groups excluding carboxylic acids is 2. The average Bonchev–Trinajstić information content (AvgIpc) is 3.30. The fourth-order valence-corrected chi connectivity index (χ4v) is 6.00. The fraction of sp³-hybridized carbons (Fsp3) is 0.303. The zero-order chi connectivity index (χ0) is 28.8. The van der Waals surface area contributed by atoms with E-state index in [0.29, 0.717) is 25.9 Å². The van der Waals surface area contributed by atoms with Crippen molar-refractivity contribution in [2.24, 2.45) is 0 Å². The molecule has 41 heavy (non-hydrogen) atoms. The number of aliphatic carboxylic acids is 1. The molecule has 2 amide bonds. The molecule has 0 unspecified atom stereocenters. The van der Waals surface area contributed by atoms with Gasteiger partial charge in [-0.2, -0.15) is 0 Å². The number of alkyl carbamates (subject to hydrolysis) is 1. The minimum atomic E-state index is -1.28. The second kappa shape index (κ2) is 12.4. The van der Waals surface area contributed by atoms with Crippen molar-refractivity contribution < 1.29 is 24.2 Å². The molecule has 212 valence electrons. The first kappa shape index (κ1) is 28.1. The van der Waals surface area contributed by atoms with Gasteiger partial charge in [0.05, 0.1) is 0 Å². The van der Waals surface area contributed by atoms with Gasteiger partial charge in [0.1, 0.15) is 18.7 Å². The Kier molecular flexibility index (Phi) is 8.50. The number of carboxylic acid groups (broad SMARTS) is 1. The molecule has 3 aromatic rings. The van der Waals surface area contributed by atoms with E-state index in [2.05, 4.69) is 41.1 Å². The summed E-state index contributed by atoms with van der Waals surface area (Å²) in [5.74, 6) is -1.68. The lowest BCUT2D eigenvalue weighted by molar-refractivity contribution is -0.148. The number of carboxylic acids is 1. The number of likely N-dealkylation sites (tertiary alicyclic amines) is 1. The number of fused-ring (bicyclic) bond motifs is 3. The molecule has 0 radical (unpaired) electrons. The molecule has 0 bridgehead atoms. The molecule has 1 aliphatic carbocycles. The summed E-state index contributed by atoms with van der Waals surface area (Å²) >= 11 is 0. The van der Waals surface area contributed by atoms with Gasteiger partial charge in [-0.25, -0.2) is 4.79 Å². The highest BCUT2D eigenvalue weighted by Crippen LogP contribution is 2.44. The van der Waals surface area contributed by atoms with E-state index in [1.807, 2.05) is 54.6 Å². The highest BCUT2D eigenvalue weighted by atomic mass is 16.5. The Morgan fingerprint density at radius 1 is 0.951 bits per heavy atom. The van der Waals surface area contributed by atoms with Crippen LogP contribution in [0.1, 0.15) is 35.4 Å². The molecule has 5 rings (SSSR count). The number of piperidine rings is 1. The molecule has 0 saturated carbocycles. The summed E-state index contributed by atoms with van der Waals surface area (Å²) < 4.78 is 5.79. The van der Waals surface area contributed by atoms with E-state index >= 15 is 0 Å². The number of benzene rings is 3. The molecule has 2 aliphatic rings. The van der Waals surface area contributed by atoms with Gasteiger partial charge in [-0.15, -0.1) is 6.58 Å². The standard InChI is InChI=1S/C33H35N3O5/c1-2-18-36(22-30(37)38)31(39)33(16-19-35(20-17-33)21-24-10-4-3-5-11-24)34-32(40)41-23-29-27-14-8-6-12-25(27)26-13-7-9-15-28(26)29/h2-15,29H,1,16-23H2,(H,34,40)(H,37,38). The van der Waals surface area contributed by atoms with Crippen molar-refractivity contribution in [3.05, 3.63) is 108 Å². The van der Waals surface area contributed by atoms with Crippen LogP contribution in [0.5, 0.6) is 0 Å². The maximum Gasteiger partial charge on any atom is 0.408 e. The van der Waals surface area contributed by atoms with Gasteiger partial charge in [-0.1, -0.05) is 84.9 Å². The third-order valence-electron chi connectivity index (χ3n) is 8.02. The van der Waals surface area contributed by atoms with Crippen LogP contribution in [0.3, 0.4) is 0 Å². The van der Waals surface area contributed by atoms with Gasteiger partial charge in [-0.3, -0.25) is 14.5 Å². The van der Waals surface area contributed by atoms with Gasteiger partial charge in [0.15, 0.2) is 0 Å². The number of carbonyl (C=O) groups is 3. The van der Waals surface area contributed by atoms with E-state index in [9.17, 15) is 19.5 Å². The van der Waals surface area contributed by atoms with E-state index < -0.39 is 30.1 Å².